The summed E-state index contributed by atoms with van der Waals surface area (Å²) in [5.41, 5.74) is 0.499. The number of amides is 1. The van der Waals surface area contributed by atoms with Crippen LogP contribution in [0.5, 0.6) is 0 Å². The second-order valence-electron chi connectivity index (χ2n) is 3.39. The Morgan fingerprint density at radius 2 is 2.22 bits per heavy atom. The minimum Gasteiger partial charge on any atom is -0.478 e. The molecule has 0 unspecified atom stereocenters. The Labute approximate surface area is 108 Å². The van der Waals surface area contributed by atoms with Gasteiger partial charge in [-0.15, -0.1) is 0 Å². The maximum atomic E-state index is 13.6. The van der Waals surface area contributed by atoms with Crippen LogP contribution in [0.25, 0.3) is 6.08 Å². The highest BCUT2D eigenvalue weighted by atomic mass is 32.2. The Balaban J connectivity index is 2.79. The number of benzene rings is 1. The smallest absolute Gasteiger partial charge is 0.328 e. The fourth-order valence-corrected chi connectivity index (χ4v) is 1.56. The first-order valence-corrected chi connectivity index (χ1v) is 6.41. The minimum absolute atomic E-state index is 0.0847. The van der Waals surface area contributed by atoms with Crippen LogP contribution in [0.15, 0.2) is 24.3 Å². The Hall–Kier alpha value is -1.82. The third kappa shape index (κ3) is 4.58. The first-order valence-electron chi connectivity index (χ1n) is 5.02. The monoisotopic (exact) mass is 269 g/mol. The summed E-state index contributed by atoms with van der Waals surface area (Å²) >= 11 is 1.34. The van der Waals surface area contributed by atoms with Crippen molar-refractivity contribution in [2.75, 3.05) is 17.3 Å². The van der Waals surface area contributed by atoms with Gasteiger partial charge < -0.3 is 10.4 Å². The van der Waals surface area contributed by atoms with Crippen LogP contribution in [0, 0.1) is 5.82 Å². The van der Waals surface area contributed by atoms with Gasteiger partial charge in [-0.25, -0.2) is 9.18 Å². The van der Waals surface area contributed by atoms with E-state index in [-0.39, 0.29) is 17.3 Å². The lowest BCUT2D eigenvalue weighted by molar-refractivity contribution is -0.131. The molecule has 0 spiro atoms. The lowest BCUT2D eigenvalue weighted by atomic mass is 10.2. The van der Waals surface area contributed by atoms with Crippen LogP contribution in [-0.4, -0.2) is 29.0 Å². The highest BCUT2D eigenvalue weighted by Crippen LogP contribution is 2.17. The van der Waals surface area contributed by atoms with E-state index in [1.807, 2.05) is 0 Å². The molecular formula is C12H12FNO3S. The lowest BCUT2D eigenvalue weighted by Crippen LogP contribution is -2.14. The molecule has 96 valence electrons. The molecule has 0 heterocycles. The zero-order valence-electron chi connectivity index (χ0n) is 9.64. The third-order valence-electron chi connectivity index (χ3n) is 1.96. The highest BCUT2D eigenvalue weighted by Gasteiger charge is 2.06. The molecule has 0 aliphatic heterocycles. The Kier molecular flexibility index (Phi) is 5.38. The summed E-state index contributed by atoms with van der Waals surface area (Å²) in [6.07, 6.45) is 3.97. The van der Waals surface area contributed by atoms with Gasteiger partial charge in [0.15, 0.2) is 0 Å². The van der Waals surface area contributed by atoms with Crippen LogP contribution in [0.3, 0.4) is 0 Å². The number of halogens is 1. The summed E-state index contributed by atoms with van der Waals surface area (Å²) in [4.78, 5) is 21.6. The van der Waals surface area contributed by atoms with E-state index in [2.05, 4.69) is 5.32 Å². The topological polar surface area (TPSA) is 66.4 Å². The molecule has 4 nitrogen and oxygen atoms in total. The average Bonchev–Trinajstić information content (AvgIpc) is 2.30. The van der Waals surface area contributed by atoms with Crippen molar-refractivity contribution in [3.8, 4) is 0 Å². The van der Waals surface area contributed by atoms with E-state index in [0.717, 1.165) is 12.1 Å². The molecule has 0 aliphatic rings. The first-order chi connectivity index (χ1) is 8.52. The maximum Gasteiger partial charge on any atom is 0.328 e. The van der Waals surface area contributed by atoms with Gasteiger partial charge in [0.05, 0.1) is 11.4 Å². The number of carbonyl (C=O) groups is 2. The maximum absolute atomic E-state index is 13.6. The normalized spacial score (nSPS) is 10.6. The van der Waals surface area contributed by atoms with Crippen molar-refractivity contribution < 1.29 is 19.1 Å². The molecule has 0 saturated heterocycles. The molecule has 1 rings (SSSR count). The molecule has 6 heteroatoms. The largest absolute Gasteiger partial charge is 0.478 e. The van der Waals surface area contributed by atoms with E-state index in [0.29, 0.717) is 5.56 Å². The number of aliphatic carboxylic acids is 1. The van der Waals surface area contributed by atoms with Crippen LogP contribution in [0.2, 0.25) is 0 Å². The molecule has 1 amide bonds. The van der Waals surface area contributed by atoms with E-state index >= 15 is 0 Å². The second-order valence-corrected chi connectivity index (χ2v) is 4.26. The number of nitrogens with one attached hydrogen (secondary N) is 1. The summed E-state index contributed by atoms with van der Waals surface area (Å²) in [7, 11) is 0. The summed E-state index contributed by atoms with van der Waals surface area (Å²) in [5.74, 6) is -1.74. The van der Waals surface area contributed by atoms with Crippen molar-refractivity contribution >= 4 is 35.4 Å². The molecule has 1 aromatic rings. The zero-order valence-corrected chi connectivity index (χ0v) is 10.5. The van der Waals surface area contributed by atoms with Crippen molar-refractivity contribution in [1.82, 2.24) is 0 Å². The SMILES string of the molecule is CSCC(=O)Nc1ccc(C=CC(=O)O)cc1F. The molecule has 18 heavy (non-hydrogen) atoms. The number of carboxylic acid groups (broad SMARTS) is 1. The molecule has 0 bridgehead atoms. The van der Waals surface area contributed by atoms with Gasteiger partial charge in [0, 0.05) is 6.08 Å². The summed E-state index contributed by atoms with van der Waals surface area (Å²) in [6.45, 7) is 0. The number of anilines is 1. The molecule has 0 radical (unpaired) electrons. The lowest BCUT2D eigenvalue weighted by Gasteiger charge is -2.06. The second kappa shape index (κ2) is 6.80. The van der Waals surface area contributed by atoms with E-state index in [1.165, 1.54) is 30.0 Å². The van der Waals surface area contributed by atoms with Gasteiger partial charge in [-0.3, -0.25) is 4.79 Å². The van der Waals surface area contributed by atoms with Gasteiger partial charge in [-0.05, 0) is 30.0 Å². The Morgan fingerprint density at radius 3 is 2.78 bits per heavy atom. The molecule has 0 fully saturated rings. The van der Waals surface area contributed by atoms with Gasteiger partial charge in [-0.2, -0.15) is 11.8 Å². The minimum atomic E-state index is -1.10. The van der Waals surface area contributed by atoms with Crippen LogP contribution in [-0.2, 0) is 9.59 Å². The fraction of sp³-hybridized carbons (Fsp3) is 0.167. The summed E-state index contributed by atoms with van der Waals surface area (Å²) in [5, 5.41) is 10.9. The zero-order chi connectivity index (χ0) is 13.5. The molecule has 1 aromatic carbocycles. The highest BCUT2D eigenvalue weighted by molar-refractivity contribution is 7.99. The van der Waals surface area contributed by atoms with Gasteiger partial charge in [-0.1, -0.05) is 6.07 Å². The molecule has 0 saturated carbocycles. The first kappa shape index (κ1) is 14.2. The third-order valence-corrected chi connectivity index (χ3v) is 2.51. The van der Waals surface area contributed by atoms with Crippen molar-refractivity contribution in [3.63, 3.8) is 0 Å². The van der Waals surface area contributed by atoms with E-state index < -0.39 is 11.8 Å². The average molecular weight is 269 g/mol. The van der Waals surface area contributed by atoms with Crippen molar-refractivity contribution in [2.24, 2.45) is 0 Å². The van der Waals surface area contributed by atoms with Gasteiger partial charge in [0.25, 0.3) is 0 Å². The molecule has 0 aromatic heterocycles. The molecular weight excluding hydrogens is 257 g/mol. The number of rotatable bonds is 5. The summed E-state index contributed by atoms with van der Waals surface area (Å²) in [6, 6.07) is 4.08. The summed E-state index contributed by atoms with van der Waals surface area (Å²) < 4.78 is 13.6. The predicted octanol–water partition coefficient (Wildman–Crippen LogP) is 2.22. The van der Waals surface area contributed by atoms with Gasteiger partial charge in [0.1, 0.15) is 5.82 Å². The van der Waals surface area contributed by atoms with Crippen molar-refractivity contribution in [2.45, 2.75) is 0 Å². The number of carboxylic acids is 1. The molecule has 0 aliphatic carbocycles. The molecule has 0 atom stereocenters. The number of carbonyl (C=O) groups excluding carboxylic acids is 1. The number of hydrogen-bond donors (Lipinski definition) is 2. The van der Waals surface area contributed by atoms with Crippen LogP contribution >= 0.6 is 11.8 Å². The van der Waals surface area contributed by atoms with Crippen LogP contribution in [0.4, 0.5) is 10.1 Å². The van der Waals surface area contributed by atoms with Crippen LogP contribution in [0.1, 0.15) is 5.56 Å². The standard InChI is InChI=1S/C12H12FNO3S/c1-18-7-11(15)14-10-4-2-8(6-9(10)13)3-5-12(16)17/h2-6H,7H2,1H3,(H,14,15)(H,16,17). The van der Waals surface area contributed by atoms with Gasteiger partial charge >= 0.3 is 5.97 Å². The Bertz CT molecular complexity index is 488. The van der Waals surface area contributed by atoms with Crippen LogP contribution < -0.4 is 5.32 Å². The quantitative estimate of drug-likeness (QED) is 0.804. The fourth-order valence-electron chi connectivity index (χ4n) is 1.22. The van der Waals surface area contributed by atoms with E-state index in [1.54, 1.807) is 6.26 Å². The predicted molar refractivity (Wildman–Crippen MR) is 70.1 cm³/mol. The van der Waals surface area contributed by atoms with E-state index in [4.69, 9.17) is 5.11 Å². The number of hydrogen-bond acceptors (Lipinski definition) is 3. The molecule has 2 N–H and O–H groups in total. The van der Waals surface area contributed by atoms with Crippen molar-refractivity contribution in [3.05, 3.63) is 35.7 Å². The van der Waals surface area contributed by atoms with Crippen molar-refractivity contribution in [1.29, 1.82) is 0 Å². The Morgan fingerprint density at radius 1 is 1.50 bits per heavy atom. The van der Waals surface area contributed by atoms with Gasteiger partial charge in [0.2, 0.25) is 5.91 Å². The number of thioether (sulfide) groups is 1. The van der Waals surface area contributed by atoms with E-state index in [9.17, 15) is 14.0 Å².